The SMILES string of the molecule is Cc1ccc(C(C(=O)NC2CCCCC2)N2CC(c3ccc(Cl)cc3)=Nc3ccc(Cl)cc3C2=O)cc1. The lowest BCUT2D eigenvalue weighted by atomic mass is 9.94. The smallest absolute Gasteiger partial charge is 0.257 e. The average Bonchev–Trinajstić information content (AvgIpc) is 3.03. The predicted molar refractivity (Wildman–Crippen MR) is 149 cm³/mol. The summed E-state index contributed by atoms with van der Waals surface area (Å²) < 4.78 is 0. The van der Waals surface area contributed by atoms with Crippen LogP contribution in [0.1, 0.15) is 65.2 Å². The van der Waals surface area contributed by atoms with Crippen molar-refractivity contribution in [2.75, 3.05) is 6.54 Å². The van der Waals surface area contributed by atoms with Gasteiger partial charge in [-0.25, -0.2) is 0 Å². The molecule has 0 spiro atoms. The lowest BCUT2D eigenvalue weighted by Gasteiger charge is -2.33. The highest BCUT2D eigenvalue weighted by atomic mass is 35.5. The quantitative estimate of drug-likeness (QED) is 0.381. The summed E-state index contributed by atoms with van der Waals surface area (Å²) in [7, 11) is 0. The standard InChI is InChI=1S/C30H29Cl2N3O2/c1-19-7-9-21(10-8-19)28(29(36)33-24-5-3-2-4-6-24)35-18-27(20-11-13-22(31)14-12-20)34-26-16-15-23(32)17-25(26)30(35)37/h7-17,24,28H,2-6,18H2,1H3,(H,33,36). The van der Waals surface area contributed by atoms with Crippen LogP contribution in [0, 0.1) is 6.92 Å². The Morgan fingerprint density at radius 3 is 2.32 bits per heavy atom. The van der Waals surface area contributed by atoms with E-state index in [1.165, 1.54) is 6.42 Å². The molecular weight excluding hydrogens is 505 g/mol. The van der Waals surface area contributed by atoms with Gasteiger partial charge in [0.05, 0.1) is 23.5 Å². The first-order chi connectivity index (χ1) is 17.9. The van der Waals surface area contributed by atoms with Crippen LogP contribution < -0.4 is 5.32 Å². The van der Waals surface area contributed by atoms with Crippen molar-refractivity contribution in [3.05, 3.63) is 99.0 Å². The Hall–Kier alpha value is -3.15. The number of nitrogens with zero attached hydrogens (tertiary/aromatic N) is 2. The third kappa shape index (κ3) is 5.73. The highest BCUT2D eigenvalue weighted by Crippen LogP contribution is 2.33. The molecule has 1 aliphatic heterocycles. The van der Waals surface area contributed by atoms with E-state index in [4.69, 9.17) is 28.2 Å². The van der Waals surface area contributed by atoms with Crippen molar-refractivity contribution in [3.8, 4) is 0 Å². The van der Waals surface area contributed by atoms with Crippen LogP contribution in [0.15, 0.2) is 71.7 Å². The molecule has 0 aromatic heterocycles. The molecule has 1 heterocycles. The first kappa shape index (κ1) is 25.5. The molecule has 1 unspecified atom stereocenters. The Kier molecular flexibility index (Phi) is 7.63. The van der Waals surface area contributed by atoms with Gasteiger partial charge < -0.3 is 10.2 Å². The molecule has 1 aliphatic carbocycles. The molecule has 37 heavy (non-hydrogen) atoms. The molecule has 3 aromatic rings. The lowest BCUT2D eigenvalue weighted by molar-refractivity contribution is -0.126. The Morgan fingerprint density at radius 1 is 0.946 bits per heavy atom. The molecule has 0 radical (unpaired) electrons. The van der Waals surface area contributed by atoms with Gasteiger partial charge in [0.15, 0.2) is 0 Å². The third-order valence-corrected chi connectivity index (χ3v) is 7.59. The van der Waals surface area contributed by atoms with Gasteiger partial charge in [-0.3, -0.25) is 14.6 Å². The number of carbonyl (C=O) groups is 2. The average molecular weight is 534 g/mol. The van der Waals surface area contributed by atoms with E-state index in [-0.39, 0.29) is 24.4 Å². The molecule has 1 N–H and O–H groups in total. The first-order valence-corrected chi connectivity index (χ1v) is 13.5. The number of nitrogens with one attached hydrogen (secondary N) is 1. The maximum atomic E-state index is 14.1. The molecule has 1 saturated carbocycles. The van der Waals surface area contributed by atoms with Crippen LogP contribution in [0.3, 0.4) is 0 Å². The van der Waals surface area contributed by atoms with Gasteiger partial charge in [-0.1, -0.05) is 84.4 Å². The lowest BCUT2D eigenvalue weighted by Crippen LogP contribution is -2.48. The van der Waals surface area contributed by atoms with Gasteiger partial charge >= 0.3 is 0 Å². The highest BCUT2D eigenvalue weighted by Gasteiger charge is 2.36. The van der Waals surface area contributed by atoms with E-state index in [0.29, 0.717) is 27.0 Å². The molecule has 1 fully saturated rings. The number of carbonyl (C=O) groups excluding carboxylic acids is 2. The van der Waals surface area contributed by atoms with Gasteiger partial charge in [-0.05, 0) is 61.2 Å². The van der Waals surface area contributed by atoms with E-state index < -0.39 is 6.04 Å². The number of rotatable bonds is 5. The van der Waals surface area contributed by atoms with E-state index in [9.17, 15) is 9.59 Å². The minimum Gasteiger partial charge on any atom is -0.351 e. The Bertz CT molecular complexity index is 1330. The van der Waals surface area contributed by atoms with E-state index >= 15 is 0 Å². The summed E-state index contributed by atoms with van der Waals surface area (Å²) in [5, 5.41) is 4.31. The van der Waals surface area contributed by atoms with E-state index in [0.717, 1.165) is 42.4 Å². The molecule has 7 heteroatoms. The number of hydrogen-bond donors (Lipinski definition) is 1. The molecule has 2 amide bonds. The number of hydrogen-bond acceptors (Lipinski definition) is 3. The number of fused-ring (bicyclic) bond motifs is 1. The monoisotopic (exact) mass is 533 g/mol. The van der Waals surface area contributed by atoms with E-state index in [1.807, 2.05) is 43.3 Å². The van der Waals surface area contributed by atoms with Crippen molar-refractivity contribution in [1.82, 2.24) is 10.2 Å². The number of benzene rings is 3. The van der Waals surface area contributed by atoms with E-state index in [2.05, 4.69) is 5.32 Å². The van der Waals surface area contributed by atoms with Gasteiger partial charge in [-0.2, -0.15) is 0 Å². The van der Waals surface area contributed by atoms with Gasteiger partial charge in [-0.15, -0.1) is 0 Å². The first-order valence-electron chi connectivity index (χ1n) is 12.7. The normalized spacial score (nSPS) is 17.0. The second-order valence-electron chi connectivity index (χ2n) is 9.82. The fraction of sp³-hybridized carbons (Fsp3) is 0.300. The second-order valence-corrected chi connectivity index (χ2v) is 10.7. The number of aryl methyl sites for hydroxylation is 1. The summed E-state index contributed by atoms with van der Waals surface area (Å²) >= 11 is 12.4. The van der Waals surface area contributed by atoms with Crippen LogP contribution in [-0.4, -0.2) is 35.0 Å². The third-order valence-electron chi connectivity index (χ3n) is 7.11. The fourth-order valence-corrected chi connectivity index (χ4v) is 5.40. The maximum Gasteiger partial charge on any atom is 0.257 e. The number of halogens is 2. The zero-order chi connectivity index (χ0) is 25.9. The van der Waals surface area contributed by atoms with Gasteiger partial charge in [0.25, 0.3) is 5.91 Å². The van der Waals surface area contributed by atoms with Crippen molar-refractivity contribution in [1.29, 1.82) is 0 Å². The molecule has 1 atom stereocenters. The second kappa shape index (κ2) is 11.1. The van der Waals surface area contributed by atoms with E-state index in [1.54, 1.807) is 35.2 Å². The summed E-state index contributed by atoms with van der Waals surface area (Å²) in [5.74, 6) is -0.459. The van der Waals surface area contributed by atoms with Crippen LogP contribution in [0.5, 0.6) is 0 Å². The molecule has 0 bridgehead atoms. The molecule has 5 rings (SSSR count). The molecule has 0 saturated heterocycles. The van der Waals surface area contributed by atoms with Gasteiger partial charge in [0, 0.05) is 16.1 Å². The van der Waals surface area contributed by atoms with Crippen LogP contribution in [-0.2, 0) is 4.79 Å². The largest absolute Gasteiger partial charge is 0.351 e. The van der Waals surface area contributed by atoms with Crippen LogP contribution in [0.25, 0.3) is 0 Å². The van der Waals surface area contributed by atoms with Crippen molar-refractivity contribution < 1.29 is 9.59 Å². The zero-order valence-corrected chi connectivity index (χ0v) is 22.2. The van der Waals surface area contributed by atoms with Gasteiger partial charge in [0.1, 0.15) is 6.04 Å². The summed E-state index contributed by atoms with van der Waals surface area (Å²) in [6.07, 6.45) is 5.30. The Labute approximate surface area is 227 Å². The van der Waals surface area contributed by atoms with Crippen molar-refractivity contribution in [3.63, 3.8) is 0 Å². The van der Waals surface area contributed by atoms with Crippen LogP contribution in [0.2, 0.25) is 10.0 Å². The molecule has 2 aliphatic rings. The minimum absolute atomic E-state index is 0.113. The summed E-state index contributed by atoms with van der Waals surface area (Å²) in [5.41, 5.74) is 4.25. The zero-order valence-electron chi connectivity index (χ0n) is 20.7. The molecule has 5 nitrogen and oxygen atoms in total. The fourth-order valence-electron chi connectivity index (χ4n) is 5.10. The molecule has 3 aromatic carbocycles. The molecule has 190 valence electrons. The Morgan fingerprint density at radius 2 is 1.62 bits per heavy atom. The highest BCUT2D eigenvalue weighted by molar-refractivity contribution is 6.31. The molecular formula is C30H29Cl2N3O2. The Balaban J connectivity index is 1.60. The summed E-state index contributed by atoms with van der Waals surface area (Å²) in [4.78, 5) is 34.5. The minimum atomic E-state index is -0.822. The van der Waals surface area contributed by atoms with Crippen molar-refractivity contribution in [2.24, 2.45) is 4.99 Å². The van der Waals surface area contributed by atoms with Crippen LogP contribution >= 0.6 is 23.2 Å². The topological polar surface area (TPSA) is 61.8 Å². The number of aliphatic imine (C=N–C) groups is 1. The van der Waals surface area contributed by atoms with Crippen LogP contribution in [0.4, 0.5) is 5.69 Å². The predicted octanol–water partition coefficient (Wildman–Crippen LogP) is 7.07. The maximum absolute atomic E-state index is 14.1. The van der Waals surface area contributed by atoms with Crippen molar-refractivity contribution in [2.45, 2.75) is 51.1 Å². The van der Waals surface area contributed by atoms with Gasteiger partial charge in [0.2, 0.25) is 5.91 Å². The number of amides is 2. The van der Waals surface area contributed by atoms with Crippen molar-refractivity contribution >= 4 is 46.4 Å². The summed E-state index contributed by atoms with van der Waals surface area (Å²) in [6.45, 7) is 2.16. The summed E-state index contributed by atoms with van der Waals surface area (Å²) in [6, 6.07) is 19.5.